The van der Waals surface area contributed by atoms with Crippen LogP contribution < -0.4 is 10.1 Å². The Morgan fingerprint density at radius 1 is 1.40 bits per heavy atom. The van der Waals surface area contributed by atoms with E-state index in [-0.39, 0.29) is 0 Å². The van der Waals surface area contributed by atoms with Crippen LogP contribution in [0.15, 0.2) is 18.2 Å². The molecule has 82 valence electrons. The summed E-state index contributed by atoms with van der Waals surface area (Å²) in [5, 5.41) is 3.18. The Balaban J connectivity index is 2.00. The second-order valence-corrected chi connectivity index (χ2v) is 3.91. The number of methoxy groups -OCH3 is 1. The predicted octanol–water partition coefficient (Wildman–Crippen LogP) is 1.49. The molecule has 3 nitrogen and oxygen atoms in total. The van der Waals surface area contributed by atoms with Crippen LogP contribution in [0.5, 0.6) is 5.75 Å². The smallest absolute Gasteiger partial charge is 0.124 e. The summed E-state index contributed by atoms with van der Waals surface area (Å²) in [7, 11) is 1.69. The molecule has 0 amide bonds. The van der Waals surface area contributed by atoms with Crippen molar-refractivity contribution in [3.8, 4) is 5.75 Å². The fraction of sp³-hybridized carbons (Fsp3) is 0.500. The van der Waals surface area contributed by atoms with Crippen LogP contribution in [0.2, 0.25) is 0 Å². The normalized spacial score (nSPS) is 16.1. The Labute approximate surface area is 90.4 Å². The standard InChI is InChI=1S/C12H17NO2/c1-9-3-4-12(14-2)10(5-9)8-15-11-6-13-7-11/h3-5,11,13H,6-8H2,1-2H3. The second kappa shape index (κ2) is 4.64. The van der Waals surface area contributed by atoms with Crippen molar-refractivity contribution in [1.29, 1.82) is 0 Å². The zero-order valence-electron chi connectivity index (χ0n) is 9.25. The lowest BCUT2D eigenvalue weighted by Crippen LogP contribution is -2.48. The summed E-state index contributed by atoms with van der Waals surface area (Å²) < 4.78 is 11.0. The largest absolute Gasteiger partial charge is 0.496 e. The van der Waals surface area contributed by atoms with Crippen molar-refractivity contribution in [2.45, 2.75) is 19.6 Å². The molecule has 1 aliphatic heterocycles. The van der Waals surface area contributed by atoms with Gasteiger partial charge in [0.05, 0.1) is 19.8 Å². The van der Waals surface area contributed by atoms with Gasteiger partial charge < -0.3 is 14.8 Å². The van der Waals surface area contributed by atoms with Crippen LogP contribution in [-0.4, -0.2) is 26.3 Å². The van der Waals surface area contributed by atoms with Crippen molar-refractivity contribution in [2.24, 2.45) is 0 Å². The zero-order chi connectivity index (χ0) is 10.7. The van der Waals surface area contributed by atoms with Crippen molar-refractivity contribution in [2.75, 3.05) is 20.2 Å². The summed E-state index contributed by atoms with van der Waals surface area (Å²) in [4.78, 5) is 0. The molecule has 1 fully saturated rings. The molecule has 0 unspecified atom stereocenters. The third-order valence-electron chi connectivity index (χ3n) is 2.65. The molecule has 0 atom stereocenters. The van der Waals surface area contributed by atoms with Crippen molar-refractivity contribution in [3.63, 3.8) is 0 Å². The zero-order valence-corrected chi connectivity index (χ0v) is 9.25. The Morgan fingerprint density at radius 3 is 2.80 bits per heavy atom. The summed E-state index contributed by atoms with van der Waals surface area (Å²) >= 11 is 0. The number of benzene rings is 1. The van der Waals surface area contributed by atoms with Crippen LogP contribution in [0.1, 0.15) is 11.1 Å². The summed E-state index contributed by atoms with van der Waals surface area (Å²) in [5.41, 5.74) is 2.37. The van der Waals surface area contributed by atoms with Gasteiger partial charge in [-0.05, 0) is 13.0 Å². The van der Waals surface area contributed by atoms with Gasteiger partial charge in [0.2, 0.25) is 0 Å². The minimum absolute atomic E-state index is 0.371. The quantitative estimate of drug-likeness (QED) is 0.811. The van der Waals surface area contributed by atoms with E-state index >= 15 is 0 Å². The van der Waals surface area contributed by atoms with Crippen molar-refractivity contribution in [1.82, 2.24) is 5.32 Å². The van der Waals surface area contributed by atoms with Crippen LogP contribution in [0.25, 0.3) is 0 Å². The van der Waals surface area contributed by atoms with Gasteiger partial charge in [-0.15, -0.1) is 0 Å². The summed E-state index contributed by atoms with van der Waals surface area (Å²) in [6.45, 7) is 4.65. The first-order valence-electron chi connectivity index (χ1n) is 5.25. The molecule has 0 spiro atoms. The average Bonchev–Trinajstić information content (AvgIpc) is 2.16. The van der Waals surface area contributed by atoms with Gasteiger partial charge in [0.1, 0.15) is 5.75 Å². The molecular weight excluding hydrogens is 190 g/mol. The number of aryl methyl sites for hydroxylation is 1. The molecule has 15 heavy (non-hydrogen) atoms. The summed E-state index contributed by atoms with van der Waals surface area (Å²) in [5.74, 6) is 0.910. The maximum absolute atomic E-state index is 5.72. The average molecular weight is 207 g/mol. The molecule has 0 radical (unpaired) electrons. The highest BCUT2D eigenvalue weighted by atomic mass is 16.5. The Morgan fingerprint density at radius 2 is 2.20 bits per heavy atom. The van der Waals surface area contributed by atoms with Gasteiger partial charge in [-0.2, -0.15) is 0 Å². The first-order chi connectivity index (χ1) is 7.29. The van der Waals surface area contributed by atoms with Crippen molar-refractivity contribution < 1.29 is 9.47 Å². The van der Waals surface area contributed by atoms with E-state index < -0.39 is 0 Å². The summed E-state index contributed by atoms with van der Waals surface area (Å²) in [6, 6.07) is 6.16. The van der Waals surface area contributed by atoms with Crippen molar-refractivity contribution >= 4 is 0 Å². The molecule has 0 aromatic heterocycles. The Kier molecular flexibility index (Phi) is 3.23. The lowest BCUT2D eigenvalue weighted by molar-refractivity contribution is 0.00680. The molecular formula is C12H17NO2. The second-order valence-electron chi connectivity index (χ2n) is 3.91. The predicted molar refractivity (Wildman–Crippen MR) is 59.2 cm³/mol. The van der Waals surface area contributed by atoms with Crippen LogP contribution in [0, 0.1) is 6.92 Å². The number of rotatable bonds is 4. The molecule has 1 aromatic carbocycles. The molecule has 1 N–H and O–H groups in total. The fourth-order valence-corrected chi connectivity index (χ4v) is 1.61. The lowest BCUT2D eigenvalue weighted by Gasteiger charge is -2.27. The highest BCUT2D eigenvalue weighted by Crippen LogP contribution is 2.21. The Bertz CT molecular complexity index is 334. The maximum Gasteiger partial charge on any atom is 0.124 e. The first-order valence-corrected chi connectivity index (χ1v) is 5.25. The summed E-state index contributed by atoms with van der Waals surface area (Å²) in [6.07, 6.45) is 0.371. The molecule has 0 saturated carbocycles. The molecule has 1 heterocycles. The third kappa shape index (κ3) is 2.49. The first kappa shape index (κ1) is 10.5. The Hall–Kier alpha value is -1.06. The van der Waals surface area contributed by atoms with Crippen molar-refractivity contribution in [3.05, 3.63) is 29.3 Å². The minimum atomic E-state index is 0.371. The monoisotopic (exact) mass is 207 g/mol. The van der Waals surface area contributed by atoms with Gasteiger partial charge in [-0.25, -0.2) is 0 Å². The van der Waals surface area contributed by atoms with Gasteiger partial charge in [-0.1, -0.05) is 17.7 Å². The molecule has 1 aromatic rings. The van der Waals surface area contributed by atoms with E-state index in [0.29, 0.717) is 12.7 Å². The van der Waals surface area contributed by atoms with Crippen LogP contribution >= 0.6 is 0 Å². The van der Waals surface area contributed by atoms with E-state index in [1.54, 1.807) is 7.11 Å². The highest BCUT2D eigenvalue weighted by molar-refractivity contribution is 5.36. The minimum Gasteiger partial charge on any atom is -0.496 e. The SMILES string of the molecule is COc1ccc(C)cc1COC1CNC1. The van der Waals surface area contributed by atoms with E-state index in [0.717, 1.165) is 24.4 Å². The lowest BCUT2D eigenvalue weighted by atomic mass is 10.1. The molecule has 3 heteroatoms. The van der Waals surface area contributed by atoms with Gasteiger partial charge in [0.25, 0.3) is 0 Å². The number of ether oxygens (including phenoxy) is 2. The number of nitrogens with one attached hydrogen (secondary N) is 1. The third-order valence-corrected chi connectivity index (χ3v) is 2.65. The van der Waals surface area contributed by atoms with Gasteiger partial charge in [0, 0.05) is 18.7 Å². The van der Waals surface area contributed by atoms with Crippen LogP contribution in [0.3, 0.4) is 0 Å². The van der Waals surface area contributed by atoms with E-state index in [9.17, 15) is 0 Å². The molecule has 1 aliphatic rings. The van der Waals surface area contributed by atoms with Gasteiger partial charge in [-0.3, -0.25) is 0 Å². The van der Waals surface area contributed by atoms with Gasteiger partial charge in [0.15, 0.2) is 0 Å². The number of hydrogen-bond donors (Lipinski definition) is 1. The van der Waals surface area contributed by atoms with E-state index in [1.165, 1.54) is 5.56 Å². The van der Waals surface area contributed by atoms with Crippen LogP contribution in [-0.2, 0) is 11.3 Å². The highest BCUT2D eigenvalue weighted by Gasteiger charge is 2.17. The van der Waals surface area contributed by atoms with Gasteiger partial charge >= 0.3 is 0 Å². The maximum atomic E-state index is 5.72. The molecule has 0 bridgehead atoms. The molecule has 0 aliphatic carbocycles. The topological polar surface area (TPSA) is 30.5 Å². The molecule has 2 rings (SSSR count). The van der Waals surface area contributed by atoms with E-state index in [2.05, 4.69) is 18.3 Å². The molecule has 1 saturated heterocycles. The van der Waals surface area contributed by atoms with E-state index in [4.69, 9.17) is 9.47 Å². The van der Waals surface area contributed by atoms with E-state index in [1.807, 2.05) is 12.1 Å². The fourth-order valence-electron chi connectivity index (χ4n) is 1.61. The number of hydrogen-bond acceptors (Lipinski definition) is 3. The van der Waals surface area contributed by atoms with Crippen LogP contribution in [0.4, 0.5) is 0 Å².